The molecule has 2 unspecified atom stereocenters. The minimum atomic E-state index is -0.404. The third-order valence-corrected chi connectivity index (χ3v) is 3.01. The molecule has 0 bridgehead atoms. The van der Waals surface area contributed by atoms with Crippen LogP contribution in [0.25, 0.3) is 0 Å². The molecule has 1 aliphatic heterocycles. The number of ether oxygens (including phenoxy) is 1. The van der Waals surface area contributed by atoms with Crippen molar-refractivity contribution in [1.29, 1.82) is 0 Å². The highest BCUT2D eigenvalue weighted by molar-refractivity contribution is 5.46. The summed E-state index contributed by atoms with van der Waals surface area (Å²) in [5.41, 5.74) is 2.40. The van der Waals surface area contributed by atoms with Crippen molar-refractivity contribution in [3.05, 3.63) is 29.8 Å². The molecule has 0 radical (unpaired) electrons. The average Bonchev–Trinajstić information content (AvgIpc) is 2.32. The molecule has 3 nitrogen and oxygen atoms in total. The molecule has 1 aliphatic rings. The van der Waals surface area contributed by atoms with E-state index in [2.05, 4.69) is 24.4 Å². The predicted octanol–water partition coefficient (Wildman–Crippen LogP) is 1.81. The smallest absolute Gasteiger partial charge is 0.0974 e. The van der Waals surface area contributed by atoms with Crippen LogP contribution < -0.4 is 5.32 Å². The van der Waals surface area contributed by atoms with E-state index in [9.17, 15) is 5.11 Å². The van der Waals surface area contributed by atoms with Crippen LogP contribution in [0.1, 0.15) is 18.9 Å². The number of aryl methyl sites for hydroxylation is 1. The van der Waals surface area contributed by atoms with Crippen LogP contribution in [0.15, 0.2) is 24.3 Å². The summed E-state index contributed by atoms with van der Waals surface area (Å²) in [5, 5.41) is 13.1. The Labute approximate surface area is 96.4 Å². The SMILES string of the molecule is CCc1cccc(NC2CCOCC2O)c1. The van der Waals surface area contributed by atoms with Gasteiger partial charge in [-0.05, 0) is 30.5 Å². The van der Waals surface area contributed by atoms with Gasteiger partial charge in [-0.1, -0.05) is 19.1 Å². The number of rotatable bonds is 3. The van der Waals surface area contributed by atoms with Gasteiger partial charge in [-0.2, -0.15) is 0 Å². The van der Waals surface area contributed by atoms with Crippen LogP contribution in [0, 0.1) is 0 Å². The van der Waals surface area contributed by atoms with Crippen molar-refractivity contribution in [3.8, 4) is 0 Å². The summed E-state index contributed by atoms with van der Waals surface area (Å²) in [6.07, 6.45) is 1.49. The Morgan fingerprint density at radius 3 is 3.12 bits per heavy atom. The Kier molecular flexibility index (Phi) is 3.80. The second kappa shape index (κ2) is 5.32. The molecule has 1 fully saturated rings. The van der Waals surface area contributed by atoms with E-state index in [1.54, 1.807) is 0 Å². The van der Waals surface area contributed by atoms with Crippen LogP contribution in [0.2, 0.25) is 0 Å². The van der Waals surface area contributed by atoms with E-state index in [0.717, 1.165) is 25.1 Å². The fourth-order valence-electron chi connectivity index (χ4n) is 1.99. The van der Waals surface area contributed by atoms with Gasteiger partial charge in [0.25, 0.3) is 0 Å². The van der Waals surface area contributed by atoms with Crippen molar-refractivity contribution in [1.82, 2.24) is 0 Å². The van der Waals surface area contributed by atoms with Crippen LogP contribution in [0.5, 0.6) is 0 Å². The minimum absolute atomic E-state index is 0.112. The molecule has 0 aliphatic carbocycles. The topological polar surface area (TPSA) is 41.5 Å². The lowest BCUT2D eigenvalue weighted by Gasteiger charge is -2.29. The normalized spacial score (nSPS) is 25.4. The molecule has 2 atom stereocenters. The minimum Gasteiger partial charge on any atom is -0.389 e. The zero-order valence-electron chi connectivity index (χ0n) is 9.65. The summed E-state index contributed by atoms with van der Waals surface area (Å²) in [6.45, 7) is 3.30. The Morgan fingerprint density at radius 2 is 2.38 bits per heavy atom. The number of nitrogens with one attached hydrogen (secondary N) is 1. The molecule has 1 heterocycles. The van der Waals surface area contributed by atoms with Crippen molar-refractivity contribution in [2.75, 3.05) is 18.5 Å². The van der Waals surface area contributed by atoms with E-state index < -0.39 is 6.10 Å². The zero-order chi connectivity index (χ0) is 11.4. The fourth-order valence-corrected chi connectivity index (χ4v) is 1.99. The molecule has 88 valence electrons. The van der Waals surface area contributed by atoms with Crippen molar-refractivity contribution in [3.63, 3.8) is 0 Å². The van der Waals surface area contributed by atoms with Gasteiger partial charge in [0.2, 0.25) is 0 Å². The van der Waals surface area contributed by atoms with Gasteiger partial charge in [0.05, 0.1) is 18.8 Å². The molecule has 1 aromatic rings. The van der Waals surface area contributed by atoms with Crippen molar-refractivity contribution >= 4 is 5.69 Å². The highest BCUT2D eigenvalue weighted by atomic mass is 16.5. The van der Waals surface area contributed by atoms with Gasteiger partial charge in [-0.3, -0.25) is 0 Å². The number of hydrogen-bond acceptors (Lipinski definition) is 3. The molecule has 0 aromatic heterocycles. The highest BCUT2D eigenvalue weighted by Gasteiger charge is 2.23. The summed E-state index contributed by atoms with van der Waals surface area (Å²) in [5.74, 6) is 0. The molecule has 0 amide bonds. The lowest BCUT2D eigenvalue weighted by Crippen LogP contribution is -2.41. The fraction of sp³-hybridized carbons (Fsp3) is 0.538. The number of hydrogen-bond donors (Lipinski definition) is 2. The molecular formula is C13H19NO2. The summed E-state index contributed by atoms with van der Waals surface area (Å²) >= 11 is 0. The highest BCUT2D eigenvalue weighted by Crippen LogP contribution is 2.17. The first-order valence-corrected chi connectivity index (χ1v) is 5.91. The molecule has 1 aromatic carbocycles. The molecular weight excluding hydrogens is 202 g/mol. The number of aliphatic hydroxyl groups excluding tert-OH is 1. The van der Waals surface area contributed by atoms with Gasteiger partial charge in [-0.25, -0.2) is 0 Å². The molecule has 0 saturated carbocycles. The maximum absolute atomic E-state index is 9.77. The van der Waals surface area contributed by atoms with Gasteiger partial charge in [0.1, 0.15) is 0 Å². The Balaban J connectivity index is 2.01. The lowest BCUT2D eigenvalue weighted by molar-refractivity contribution is -0.0134. The third kappa shape index (κ3) is 2.74. The van der Waals surface area contributed by atoms with Gasteiger partial charge in [0.15, 0.2) is 0 Å². The Bertz CT molecular complexity index is 340. The van der Waals surface area contributed by atoms with E-state index >= 15 is 0 Å². The predicted molar refractivity (Wildman–Crippen MR) is 64.7 cm³/mol. The zero-order valence-corrected chi connectivity index (χ0v) is 9.65. The van der Waals surface area contributed by atoms with Crippen LogP contribution in [-0.4, -0.2) is 30.5 Å². The average molecular weight is 221 g/mol. The van der Waals surface area contributed by atoms with E-state index in [4.69, 9.17) is 4.74 Å². The number of benzene rings is 1. The first kappa shape index (κ1) is 11.4. The third-order valence-electron chi connectivity index (χ3n) is 3.01. The van der Waals surface area contributed by atoms with Gasteiger partial charge in [0, 0.05) is 12.3 Å². The summed E-state index contributed by atoms with van der Waals surface area (Å²) in [7, 11) is 0. The Hall–Kier alpha value is -1.06. The lowest BCUT2D eigenvalue weighted by atomic mass is 10.1. The number of aliphatic hydroxyl groups is 1. The second-order valence-electron chi connectivity index (χ2n) is 4.24. The monoisotopic (exact) mass is 221 g/mol. The molecule has 16 heavy (non-hydrogen) atoms. The van der Waals surface area contributed by atoms with Crippen LogP contribution in [-0.2, 0) is 11.2 Å². The summed E-state index contributed by atoms with van der Waals surface area (Å²) < 4.78 is 5.20. The first-order chi connectivity index (χ1) is 7.79. The Morgan fingerprint density at radius 1 is 1.50 bits per heavy atom. The van der Waals surface area contributed by atoms with E-state index in [-0.39, 0.29) is 6.04 Å². The van der Waals surface area contributed by atoms with Gasteiger partial charge >= 0.3 is 0 Å². The molecule has 3 heteroatoms. The first-order valence-electron chi connectivity index (χ1n) is 5.91. The van der Waals surface area contributed by atoms with E-state index in [0.29, 0.717) is 6.61 Å². The quantitative estimate of drug-likeness (QED) is 0.818. The van der Waals surface area contributed by atoms with Crippen LogP contribution >= 0.6 is 0 Å². The van der Waals surface area contributed by atoms with Gasteiger partial charge < -0.3 is 15.2 Å². The largest absolute Gasteiger partial charge is 0.389 e. The molecule has 2 rings (SSSR count). The van der Waals surface area contributed by atoms with Crippen molar-refractivity contribution in [2.45, 2.75) is 31.9 Å². The maximum atomic E-state index is 9.77. The van der Waals surface area contributed by atoms with Gasteiger partial charge in [-0.15, -0.1) is 0 Å². The molecule has 1 saturated heterocycles. The number of anilines is 1. The van der Waals surface area contributed by atoms with Crippen molar-refractivity contribution < 1.29 is 9.84 Å². The van der Waals surface area contributed by atoms with Crippen LogP contribution in [0.3, 0.4) is 0 Å². The van der Waals surface area contributed by atoms with Crippen molar-refractivity contribution in [2.24, 2.45) is 0 Å². The second-order valence-corrected chi connectivity index (χ2v) is 4.24. The van der Waals surface area contributed by atoms with E-state index in [1.165, 1.54) is 5.56 Å². The molecule has 0 spiro atoms. The van der Waals surface area contributed by atoms with Crippen LogP contribution in [0.4, 0.5) is 5.69 Å². The molecule has 2 N–H and O–H groups in total. The summed E-state index contributed by atoms with van der Waals surface area (Å²) in [4.78, 5) is 0. The van der Waals surface area contributed by atoms with E-state index in [1.807, 2.05) is 12.1 Å². The standard InChI is InChI=1S/C13H19NO2/c1-2-10-4-3-5-11(8-10)14-12-6-7-16-9-13(12)15/h3-5,8,12-15H,2,6-7,9H2,1H3. The summed E-state index contributed by atoms with van der Waals surface area (Å²) in [6, 6.07) is 8.46. The maximum Gasteiger partial charge on any atom is 0.0974 e.